The molecule has 7 nitrogen and oxygen atoms in total. The van der Waals surface area contributed by atoms with Gasteiger partial charge in [-0.25, -0.2) is 0 Å². The van der Waals surface area contributed by atoms with Crippen LogP contribution in [-0.2, 0) is 14.4 Å². The van der Waals surface area contributed by atoms with Crippen molar-refractivity contribution in [3.8, 4) is 0 Å². The number of primary amides is 1. The van der Waals surface area contributed by atoms with Crippen LogP contribution in [0.25, 0.3) is 0 Å². The minimum Gasteiger partial charge on any atom is -0.370 e. The first kappa shape index (κ1) is 13.8. The molecular formula is C12H20N4O3. The summed E-state index contributed by atoms with van der Waals surface area (Å²) in [4.78, 5) is 36.1. The molecule has 2 atom stereocenters. The molecule has 2 fully saturated rings. The summed E-state index contributed by atoms with van der Waals surface area (Å²) in [5, 5.41) is 2.73. The maximum absolute atomic E-state index is 12.2. The van der Waals surface area contributed by atoms with E-state index in [4.69, 9.17) is 11.5 Å². The van der Waals surface area contributed by atoms with E-state index in [0.29, 0.717) is 19.6 Å². The molecule has 0 aromatic heterocycles. The monoisotopic (exact) mass is 268 g/mol. The van der Waals surface area contributed by atoms with Crippen molar-refractivity contribution in [3.05, 3.63) is 0 Å². The lowest BCUT2D eigenvalue weighted by atomic mass is 9.74. The highest BCUT2D eigenvalue weighted by Crippen LogP contribution is 2.34. The SMILES string of the molecule is NC(=O)CC[C@H](N)C(=O)N1CCCC2(CNC2=O)C1. The van der Waals surface area contributed by atoms with Crippen LogP contribution in [0.1, 0.15) is 25.7 Å². The van der Waals surface area contributed by atoms with Crippen LogP contribution < -0.4 is 16.8 Å². The van der Waals surface area contributed by atoms with Crippen molar-refractivity contribution < 1.29 is 14.4 Å². The van der Waals surface area contributed by atoms with Crippen LogP contribution in [0.15, 0.2) is 0 Å². The molecule has 2 saturated heterocycles. The van der Waals surface area contributed by atoms with Gasteiger partial charge in [0.1, 0.15) is 0 Å². The molecule has 0 aromatic carbocycles. The maximum Gasteiger partial charge on any atom is 0.239 e. The number of likely N-dealkylation sites (tertiary alicyclic amines) is 1. The second-order valence-electron chi connectivity index (χ2n) is 5.44. The number of piperidine rings is 1. The van der Waals surface area contributed by atoms with Crippen molar-refractivity contribution in [2.45, 2.75) is 31.7 Å². The van der Waals surface area contributed by atoms with Gasteiger partial charge < -0.3 is 21.7 Å². The van der Waals surface area contributed by atoms with Gasteiger partial charge in [0.05, 0.1) is 11.5 Å². The summed E-state index contributed by atoms with van der Waals surface area (Å²) in [5.74, 6) is -0.632. The Bertz CT molecular complexity index is 412. The van der Waals surface area contributed by atoms with E-state index < -0.39 is 17.4 Å². The summed E-state index contributed by atoms with van der Waals surface area (Å²) in [6, 6.07) is -0.717. The van der Waals surface area contributed by atoms with Crippen LogP contribution >= 0.6 is 0 Å². The lowest BCUT2D eigenvalue weighted by Crippen LogP contribution is -2.66. The van der Waals surface area contributed by atoms with Crippen LogP contribution in [0, 0.1) is 5.41 Å². The molecule has 0 radical (unpaired) electrons. The fourth-order valence-corrected chi connectivity index (χ4v) is 2.72. The van der Waals surface area contributed by atoms with Crippen LogP contribution in [0.2, 0.25) is 0 Å². The Labute approximate surface area is 111 Å². The van der Waals surface area contributed by atoms with Crippen LogP contribution in [0.3, 0.4) is 0 Å². The molecule has 2 heterocycles. The number of nitrogens with two attached hydrogens (primary N) is 2. The molecule has 7 heteroatoms. The first-order valence-corrected chi connectivity index (χ1v) is 6.56. The molecule has 5 N–H and O–H groups in total. The Morgan fingerprint density at radius 2 is 2.21 bits per heavy atom. The molecule has 0 saturated carbocycles. The number of carbonyl (C=O) groups excluding carboxylic acids is 3. The molecule has 1 spiro atoms. The van der Waals surface area contributed by atoms with E-state index in [1.54, 1.807) is 4.90 Å². The van der Waals surface area contributed by atoms with E-state index >= 15 is 0 Å². The molecule has 3 amide bonds. The topological polar surface area (TPSA) is 119 Å². The quantitative estimate of drug-likeness (QED) is 0.527. The predicted molar refractivity (Wildman–Crippen MR) is 67.7 cm³/mol. The number of hydrogen-bond donors (Lipinski definition) is 3. The van der Waals surface area contributed by atoms with Gasteiger partial charge in [-0.3, -0.25) is 14.4 Å². The van der Waals surface area contributed by atoms with Crippen molar-refractivity contribution in [1.82, 2.24) is 10.2 Å². The zero-order chi connectivity index (χ0) is 14.0. The molecule has 19 heavy (non-hydrogen) atoms. The number of β-lactam (4-membered cyclic amide) rings is 1. The summed E-state index contributed by atoms with van der Waals surface area (Å²) in [7, 11) is 0. The molecule has 0 aliphatic carbocycles. The standard InChI is InChI=1S/C12H20N4O3/c13-8(2-3-9(14)17)10(18)16-5-1-4-12(7-16)6-15-11(12)19/h8H,1-7,13H2,(H2,14,17)(H,15,19)/t8-,12?/m0/s1. The Morgan fingerprint density at radius 3 is 2.74 bits per heavy atom. The summed E-state index contributed by atoms with van der Waals surface area (Å²) >= 11 is 0. The highest BCUT2D eigenvalue weighted by atomic mass is 16.2. The van der Waals surface area contributed by atoms with Gasteiger partial charge in [0.2, 0.25) is 17.7 Å². The molecule has 106 valence electrons. The Hall–Kier alpha value is -1.63. The second-order valence-corrected chi connectivity index (χ2v) is 5.44. The van der Waals surface area contributed by atoms with Crippen molar-refractivity contribution in [1.29, 1.82) is 0 Å². The Morgan fingerprint density at radius 1 is 1.47 bits per heavy atom. The number of hydrogen-bond acceptors (Lipinski definition) is 4. The molecule has 0 bridgehead atoms. The van der Waals surface area contributed by atoms with Gasteiger partial charge in [-0.05, 0) is 19.3 Å². The normalized spacial score (nSPS) is 27.6. The number of nitrogens with zero attached hydrogens (tertiary/aromatic N) is 1. The van der Waals surface area contributed by atoms with Gasteiger partial charge in [-0.1, -0.05) is 0 Å². The average molecular weight is 268 g/mol. The van der Waals surface area contributed by atoms with Gasteiger partial charge in [0.25, 0.3) is 0 Å². The Balaban J connectivity index is 1.91. The molecule has 2 aliphatic heterocycles. The van der Waals surface area contributed by atoms with Crippen LogP contribution in [0.5, 0.6) is 0 Å². The van der Waals surface area contributed by atoms with E-state index in [9.17, 15) is 14.4 Å². The fourth-order valence-electron chi connectivity index (χ4n) is 2.72. The number of nitrogens with one attached hydrogen (secondary N) is 1. The Kier molecular flexibility index (Phi) is 3.75. The van der Waals surface area contributed by atoms with Crippen molar-refractivity contribution in [2.24, 2.45) is 16.9 Å². The second kappa shape index (κ2) is 5.16. The summed E-state index contributed by atoms with van der Waals surface area (Å²) < 4.78 is 0. The van der Waals surface area contributed by atoms with Gasteiger partial charge in [-0.2, -0.15) is 0 Å². The third-order valence-corrected chi connectivity index (χ3v) is 3.98. The van der Waals surface area contributed by atoms with E-state index in [2.05, 4.69) is 5.32 Å². The summed E-state index contributed by atoms with van der Waals surface area (Å²) in [6.07, 6.45) is 1.98. The number of amides is 3. The predicted octanol–water partition coefficient (Wildman–Crippen LogP) is -1.68. The molecule has 2 aliphatic rings. The zero-order valence-corrected chi connectivity index (χ0v) is 10.9. The van der Waals surface area contributed by atoms with Crippen LogP contribution in [0.4, 0.5) is 0 Å². The highest BCUT2D eigenvalue weighted by molar-refractivity contribution is 5.90. The minimum atomic E-state index is -0.717. The lowest BCUT2D eigenvalue weighted by Gasteiger charge is -2.47. The largest absolute Gasteiger partial charge is 0.370 e. The van der Waals surface area contributed by atoms with Crippen molar-refractivity contribution in [2.75, 3.05) is 19.6 Å². The molecule has 1 unspecified atom stereocenters. The lowest BCUT2D eigenvalue weighted by molar-refractivity contribution is -0.149. The van der Waals surface area contributed by atoms with Gasteiger partial charge in [-0.15, -0.1) is 0 Å². The number of carbonyl (C=O) groups is 3. The van der Waals surface area contributed by atoms with Gasteiger partial charge >= 0.3 is 0 Å². The van der Waals surface area contributed by atoms with E-state index in [0.717, 1.165) is 12.8 Å². The first-order valence-electron chi connectivity index (χ1n) is 6.56. The third-order valence-electron chi connectivity index (χ3n) is 3.98. The third kappa shape index (κ3) is 2.70. The average Bonchev–Trinajstić information content (AvgIpc) is 2.42. The highest BCUT2D eigenvalue weighted by Gasteiger charge is 2.49. The van der Waals surface area contributed by atoms with E-state index in [-0.39, 0.29) is 24.7 Å². The van der Waals surface area contributed by atoms with E-state index in [1.165, 1.54) is 0 Å². The van der Waals surface area contributed by atoms with Gasteiger partial charge in [0.15, 0.2) is 0 Å². The summed E-state index contributed by atoms with van der Waals surface area (Å²) in [6.45, 7) is 1.69. The molecule has 2 rings (SSSR count). The maximum atomic E-state index is 12.2. The fraction of sp³-hybridized carbons (Fsp3) is 0.750. The number of rotatable bonds is 4. The molecular weight excluding hydrogens is 248 g/mol. The summed E-state index contributed by atoms with van der Waals surface area (Å²) in [5.41, 5.74) is 10.4. The van der Waals surface area contributed by atoms with E-state index in [1.807, 2.05) is 0 Å². The van der Waals surface area contributed by atoms with Crippen molar-refractivity contribution >= 4 is 17.7 Å². The van der Waals surface area contributed by atoms with Crippen molar-refractivity contribution in [3.63, 3.8) is 0 Å². The first-order chi connectivity index (χ1) is 8.94. The molecule has 0 aromatic rings. The smallest absolute Gasteiger partial charge is 0.239 e. The minimum absolute atomic E-state index is 0.0238. The van der Waals surface area contributed by atoms with Gasteiger partial charge in [0, 0.05) is 26.1 Å². The van der Waals surface area contributed by atoms with Crippen LogP contribution in [-0.4, -0.2) is 48.3 Å². The zero-order valence-electron chi connectivity index (χ0n) is 10.9.